The molecule has 3 aromatic heterocycles. The number of fused-ring (bicyclic) bond motifs is 1. The maximum atomic E-state index is 11.8. The van der Waals surface area contributed by atoms with Crippen LogP contribution in [0, 0.1) is 0 Å². The first kappa shape index (κ1) is 23.7. The van der Waals surface area contributed by atoms with Gasteiger partial charge in [0, 0.05) is 37.1 Å². The van der Waals surface area contributed by atoms with Gasteiger partial charge in [0.15, 0.2) is 11.5 Å². The molecule has 4 N–H and O–H groups in total. The third-order valence-corrected chi connectivity index (χ3v) is 5.90. The van der Waals surface area contributed by atoms with Gasteiger partial charge in [0.25, 0.3) is 0 Å². The van der Waals surface area contributed by atoms with Gasteiger partial charge in [-0.25, -0.2) is 15.0 Å². The molecule has 0 saturated heterocycles. The Labute approximate surface area is 213 Å². The molecular formula is C28H25N7O2. The molecule has 0 aliphatic rings. The molecule has 0 spiro atoms. The van der Waals surface area contributed by atoms with Gasteiger partial charge in [-0.1, -0.05) is 24.3 Å². The van der Waals surface area contributed by atoms with Gasteiger partial charge in [0.05, 0.1) is 17.7 Å². The highest BCUT2D eigenvalue weighted by atomic mass is 16.2. The number of amides is 2. The van der Waals surface area contributed by atoms with Crippen molar-refractivity contribution in [2.45, 2.75) is 13.3 Å². The number of imidazole rings is 1. The number of hydrogen-bond donors (Lipinski definition) is 3. The van der Waals surface area contributed by atoms with Crippen molar-refractivity contribution < 1.29 is 9.59 Å². The number of nitrogens with two attached hydrogens (primary N) is 1. The number of nitrogens with zero attached hydrogens (tertiary/aromatic N) is 4. The molecule has 2 aromatic carbocycles. The quantitative estimate of drug-likeness (QED) is 0.330. The fourth-order valence-corrected chi connectivity index (χ4v) is 4.15. The van der Waals surface area contributed by atoms with Gasteiger partial charge < -0.3 is 16.4 Å². The van der Waals surface area contributed by atoms with Crippen LogP contribution in [0.4, 0.5) is 11.5 Å². The normalized spacial score (nSPS) is 10.9. The Morgan fingerprint density at radius 2 is 1.78 bits per heavy atom. The Hall–Kier alpha value is -5.05. The first-order chi connectivity index (χ1) is 17.9. The average molecular weight is 492 g/mol. The minimum atomic E-state index is -0.141. The summed E-state index contributed by atoms with van der Waals surface area (Å²) in [4.78, 5) is 37.4. The number of nitrogens with one attached hydrogen (secondary N) is 2. The number of rotatable bonds is 6. The number of hydrogen-bond acceptors (Lipinski definition) is 6. The first-order valence-electron chi connectivity index (χ1n) is 11.7. The molecule has 0 saturated carbocycles. The van der Waals surface area contributed by atoms with Crippen LogP contribution in [-0.2, 0) is 16.0 Å². The van der Waals surface area contributed by atoms with Crippen LogP contribution >= 0.6 is 0 Å². The van der Waals surface area contributed by atoms with Crippen molar-refractivity contribution >= 4 is 34.5 Å². The van der Waals surface area contributed by atoms with E-state index < -0.39 is 0 Å². The van der Waals surface area contributed by atoms with Crippen molar-refractivity contribution in [3.8, 4) is 28.3 Å². The van der Waals surface area contributed by atoms with Gasteiger partial charge >= 0.3 is 0 Å². The van der Waals surface area contributed by atoms with E-state index in [1.807, 2.05) is 77.4 Å². The number of nitrogen functional groups attached to an aromatic ring is 1. The Bertz CT molecular complexity index is 1620. The van der Waals surface area contributed by atoms with Crippen molar-refractivity contribution in [1.82, 2.24) is 24.8 Å². The minimum Gasteiger partial charge on any atom is -0.383 e. The summed E-state index contributed by atoms with van der Waals surface area (Å²) in [5, 5.41) is 5.46. The third-order valence-electron chi connectivity index (χ3n) is 5.90. The monoisotopic (exact) mass is 491 g/mol. The van der Waals surface area contributed by atoms with Gasteiger partial charge in [0.1, 0.15) is 11.3 Å². The second-order valence-corrected chi connectivity index (χ2v) is 8.52. The molecule has 9 heteroatoms. The van der Waals surface area contributed by atoms with E-state index in [1.54, 1.807) is 13.2 Å². The van der Waals surface area contributed by atoms with Crippen molar-refractivity contribution in [3.05, 3.63) is 84.6 Å². The molecule has 5 rings (SSSR count). The second-order valence-electron chi connectivity index (χ2n) is 8.52. The molecule has 0 unspecified atom stereocenters. The number of benzene rings is 2. The zero-order chi connectivity index (χ0) is 25.9. The molecule has 0 radical (unpaired) electrons. The number of carbonyl (C=O) groups excluding carboxylic acids is 2. The lowest BCUT2D eigenvalue weighted by Gasteiger charge is -2.12. The van der Waals surface area contributed by atoms with E-state index in [0.29, 0.717) is 34.1 Å². The summed E-state index contributed by atoms with van der Waals surface area (Å²) < 4.78 is 1.94. The summed E-state index contributed by atoms with van der Waals surface area (Å²) in [5.74, 6) is 0.768. The standard InChI is InChI=1S/C28H25N7O2/c1-17(36)32-20-6-3-5-19(16-20)23-12-13-24-28(33-23)35(27(34-24)22-7-4-14-31-26(22)29)21-10-8-18(9-11-21)15-25(37)30-2/h3-14,16H,15H2,1-2H3,(H2,29,31)(H,30,37)(H,32,36). The van der Waals surface area contributed by atoms with Gasteiger partial charge in [-0.15, -0.1) is 0 Å². The lowest BCUT2D eigenvalue weighted by atomic mass is 10.1. The SMILES string of the molecule is CNC(=O)Cc1ccc(-n2c(-c3cccnc3N)nc3ccc(-c4cccc(NC(C)=O)c4)nc32)cc1. The van der Waals surface area contributed by atoms with Crippen molar-refractivity contribution in [2.75, 3.05) is 18.1 Å². The predicted octanol–water partition coefficient (Wildman–Crippen LogP) is 3.98. The van der Waals surface area contributed by atoms with E-state index in [2.05, 4.69) is 15.6 Å². The molecule has 5 aromatic rings. The Morgan fingerprint density at radius 1 is 0.973 bits per heavy atom. The molecule has 0 bridgehead atoms. The summed E-state index contributed by atoms with van der Waals surface area (Å²) in [6.07, 6.45) is 1.93. The lowest BCUT2D eigenvalue weighted by molar-refractivity contribution is -0.120. The van der Waals surface area contributed by atoms with Crippen LogP contribution < -0.4 is 16.4 Å². The molecule has 9 nitrogen and oxygen atoms in total. The summed E-state index contributed by atoms with van der Waals surface area (Å²) >= 11 is 0. The second kappa shape index (κ2) is 9.90. The number of aromatic nitrogens is 4. The van der Waals surface area contributed by atoms with E-state index >= 15 is 0 Å². The van der Waals surface area contributed by atoms with Crippen molar-refractivity contribution in [3.63, 3.8) is 0 Å². The molecule has 184 valence electrons. The molecule has 2 amide bonds. The summed E-state index contributed by atoms with van der Waals surface area (Å²) in [7, 11) is 1.62. The van der Waals surface area contributed by atoms with E-state index in [1.165, 1.54) is 6.92 Å². The maximum Gasteiger partial charge on any atom is 0.224 e. The van der Waals surface area contributed by atoms with Crippen LogP contribution in [0.3, 0.4) is 0 Å². The molecule has 0 aliphatic carbocycles. The van der Waals surface area contributed by atoms with Crippen LogP contribution in [-0.4, -0.2) is 38.4 Å². The van der Waals surface area contributed by atoms with Crippen LogP contribution in [0.25, 0.3) is 39.5 Å². The van der Waals surface area contributed by atoms with Gasteiger partial charge in [-0.3, -0.25) is 14.2 Å². The largest absolute Gasteiger partial charge is 0.383 e. The fourth-order valence-electron chi connectivity index (χ4n) is 4.15. The summed E-state index contributed by atoms with van der Waals surface area (Å²) in [6.45, 7) is 1.47. The van der Waals surface area contributed by atoms with Crippen LogP contribution in [0.5, 0.6) is 0 Å². The number of carbonyl (C=O) groups is 2. The molecular weight excluding hydrogens is 466 g/mol. The van der Waals surface area contributed by atoms with E-state index in [0.717, 1.165) is 22.5 Å². The maximum absolute atomic E-state index is 11.8. The van der Waals surface area contributed by atoms with E-state index in [9.17, 15) is 9.59 Å². The first-order valence-corrected chi connectivity index (χ1v) is 11.7. The summed E-state index contributed by atoms with van der Waals surface area (Å²) in [5.41, 5.74) is 12.2. The third kappa shape index (κ3) is 4.87. The molecule has 0 atom stereocenters. The highest BCUT2D eigenvalue weighted by Gasteiger charge is 2.19. The number of pyridine rings is 2. The van der Waals surface area contributed by atoms with Crippen LogP contribution in [0.2, 0.25) is 0 Å². The topological polar surface area (TPSA) is 128 Å². The Kier molecular flexibility index (Phi) is 6.34. The highest BCUT2D eigenvalue weighted by molar-refractivity contribution is 5.90. The van der Waals surface area contributed by atoms with E-state index in [-0.39, 0.29) is 18.2 Å². The molecule has 0 aliphatic heterocycles. The minimum absolute atomic E-state index is 0.0579. The van der Waals surface area contributed by atoms with Crippen molar-refractivity contribution in [2.24, 2.45) is 0 Å². The van der Waals surface area contributed by atoms with Crippen LogP contribution in [0.1, 0.15) is 12.5 Å². The number of likely N-dealkylation sites (N-methyl/N-ethyl adjacent to an activating group) is 1. The number of anilines is 2. The average Bonchev–Trinajstić information content (AvgIpc) is 3.27. The fraction of sp³-hybridized carbons (Fsp3) is 0.107. The molecule has 0 fully saturated rings. The highest BCUT2D eigenvalue weighted by Crippen LogP contribution is 2.32. The smallest absolute Gasteiger partial charge is 0.224 e. The molecule has 3 heterocycles. The van der Waals surface area contributed by atoms with Gasteiger partial charge in [-0.2, -0.15) is 0 Å². The van der Waals surface area contributed by atoms with E-state index in [4.69, 9.17) is 15.7 Å². The molecule has 37 heavy (non-hydrogen) atoms. The predicted molar refractivity (Wildman–Crippen MR) is 144 cm³/mol. The zero-order valence-electron chi connectivity index (χ0n) is 20.4. The zero-order valence-corrected chi connectivity index (χ0v) is 20.4. The van der Waals surface area contributed by atoms with Crippen molar-refractivity contribution in [1.29, 1.82) is 0 Å². The summed E-state index contributed by atoms with van der Waals surface area (Å²) in [6, 6.07) is 22.7. The Balaban J connectivity index is 1.67. The lowest BCUT2D eigenvalue weighted by Crippen LogP contribution is -2.19. The van der Waals surface area contributed by atoms with Gasteiger partial charge in [-0.05, 0) is 54.1 Å². The van der Waals surface area contributed by atoms with Crippen LogP contribution in [0.15, 0.2) is 79.0 Å². The Morgan fingerprint density at radius 3 is 2.51 bits per heavy atom. The van der Waals surface area contributed by atoms with Gasteiger partial charge in [0.2, 0.25) is 11.8 Å².